The lowest BCUT2D eigenvalue weighted by atomic mass is 10.1. The van der Waals surface area contributed by atoms with Gasteiger partial charge in [0.15, 0.2) is 0 Å². The summed E-state index contributed by atoms with van der Waals surface area (Å²) in [6, 6.07) is 3.98. The maximum absolute atomic E-state index is 8.36. The summed E-state index contributed by atoms with van der Waals surface area (Å²) >= 11 is 1.47. The van der Waals surface area contributed by atoms with Crippen LogP contribution in [0.4, 0.5) is 0 Å². The van der Waals surface area contributed by atoms with Crippen LogP contribution >= 0.6 is 11.3 Å². The molecule has 2 heterocycles. The minimum absolute atomic E-state index is 0.726. The maximum Gasteiger partial charge on any atom is 0.138 e. The van der Waals surface area contributed by atoms with Crippen molar-refractivity contribution in [3.63, 3.8) is 0 Å². The van der Waals surface area contributed by atoms with Crippen LogP contribution in [-0.4, -0.2) is 21.4 Å². The van der Waals surface area contributed by atoms with E-state index < -0.39 is 0 Å². The first kappa shape index (κ1) is 10.8. The monoisotopic (exact) mass is 233 g/mol. The van der Waals surface area contributed by atoms with Crippen molar-refractivity contribution >= 4 is 17.6 Å². The van der Waals surface area contributed by atoms with Gasteiger partial charge in [-0.15, -0.1) is 11.3 Å². The quantitative estimate of drug-likeness (QED) is 0.500. The molecular formula is C11H11N3OS. The van der Waals surface area contributed by atoms with E-state index in [0.29, 0.717) is 0 Å². The Balaban J connectivity index is 1.94. The lowest BCUT2D eigenvalue weighted by Gasteiger charge is -1.97. The Kier molecular flexibility index (Phi) is 3.61. The van der Waals surface area contributed by atoms with Gasteiger partial charge >= 0.3 is 0 Å². The van der Waals surface area contributed by atoms with Gasteiger partial charge in [0.2, 0.25) is 0 Å². The highest BCUT2D eigenvalue weighted by molar-refractivity contribution is 7.11. The van der Waals surface area contributed by atoms with E-state index in [9.17, 15) is 0 Å². The smallest absolute Gasteiger partial charge is 0.138 e. The zero-order valence-corrected chi connectivity index (χ0v) is 9.39. The Labute approximate surface area is 97.3 Å². The van der Waals surface area contributed by atoms with Gasteiger partial charge in [0.1, 0.15) is 11.2 Å². The summed E-state index contributed by atoms with van der Waals surface area (Å²) in [7, 11) is 0. The highest BCUT2D eigenvalue weighted by Crippen LogP contribution is 2.10. The normalized spacial score (nSPS) is 11.0. The Morgan fingerprint density at radius 3 is 3.12 bits per heavy atom. The molecule has 0 aromatic carbocycles. The zero-order valence-electron chi connectivity index (χ0n) is 8.58. The van der Waals surface area contributed by atoms with Crippen LogP contribution in [0.3, 0.4) is 0 Å². The molecule has 0 amide bonds. The number of rotatable bonds is 4. The number of hydrogen-bond acceptors (Lipinski definition) is 5. The molecule has 82 valence electrons. The van der Waals surface area contributed by atoms with Crippen LogP contribution in [0.2, 0.25) is 0 Å². The van der Waals surface area contributed by atoms with Gasteiger partial charge in [0.05, 0.1) is 5.69 Å². The van der Waals surface area contributed by atoms with Gasteiger partial charge in [-0.3, -0.25) is 4.98 Å². The molecule has 4 nitrogen and oxygen atoms in total. The van der Waals surface area contributed by atoms with Crippen LogP contribution in [-0.2, 0) is 12.8 Å². The van der Waals surface area contributed by atoms with E-state index in [-0.39, 0.29) is 0 Å². The first-order valence-corrected chi connectivity index (χ1v) is 5.77. The average Bonchev–Trinajstić information content (AvgIpc) is 2.76. The van der Waals surface area contributed by atoms with Gasteiger partial charge in [-0.05, 0) is 24.5 Å². The molecule has 0 aliphatic heterocycles. The summed E-state index contributed by atoms with van der Waals surface area (Å²) in [4.78, 5) is 8.36. The standard InChI is InChI=1S/C11H11N3OS/c15-13-7-11-14-10(8-16-11)4-3-9-2-1-5-12-6-9/h1-2,5-8,15H,3-4H2/b13-7+. The van der Waals surface area contributed by atoms with E-state index in [4.69, 9.17) is 5.21 Å². The number of aryl methyl sites for hydroxylation is 2. The highest BCUT2D eigenvalue weighted by Gasteiger charge is 2.00. The fourth-order valence-corrected chi connectivity index (χ4v) is 2.07. The van der Waals surface area contributed by atoms with Crippen LogP contribution in [0.5, 0.6) is 0 Å². The molecule has 2 rings (SSSR count). The van der Waals surface area contributed by atoms with Crippen molar-refractivity contribution in [1.82, 2.24) is 9.97 Å². The predicted octanol–water partition coefficient (Wildman–Crippen LogP) is 2.13. The third-order valence-electron chi connectivity index (χ3n) is 2.13. The summed E-state index contributed by atoms with van der Waals surface area (Å²) < 4.78 is 0. The van der Waals surface area contributed by atoms with E-state index >= 15 is 0 Å². The molecule has 0 saturated carbocycles. The van der Waals surface area contributed by atoms with Crippen molar-refractivity contribution in [2.24, 2.45) is 5.16 Å². The van der Waals surface area contributed by atoms with E-state index in [1.165, 1.54) is 23.1 Å². The lowest BCUT2D eigenvalue weighted by molar-refractivity contribution is 0.322. The molecule has 0 spiro atoms. The SMILES string of the molecule is O/N=C/c1nc(CCc2cccnc2)cs1. The minimum atomic E-state index is 0.726. The molecule has 0 unspecified atom stereocenters. The molecule has 16 heavy (non-hydrogen) atoms. The largest absolute Gasteiger partial charge is 0.411 e. The Morgan fingerprint density at radius 1 is 1.44 bits per heavy atom. The van der Waals surface area contributed by atoms with Gasteiger partial charge in [0.25, 0.3) is 0 Å². The highest BCUT2D eigenvalue weighted by atomic mass is 32.1. The Morgan fingerprint density at radius 2 is 2.38 bits per heavy atom. The second kappa shape index (κ2) is 5.37. The van der Waals surface area contributed by atoms with Crippen molar-refractivity contribution < 1.29 is 5.21 Å². The predicted molar refractivity (Wildman–Crippen MR) is 63.1 cm³/mol. The van der Waals surface area contributed by atoms with Crippen LogP contribution in [0, 0.1) is 0 Å². The molecule has 0 radical (unpaired) electrons. The third-order valence-corrected chi connectivity index (χ3v) is 2.96. The molecule has 0 aliphatic carbocycles. The maximum atomic E-state index is 8.36. The third kappa shape index (κ3) is 2.87. The summed E-state index contributed by atoms with van der Waals surface area (Å²) in [5.74, 6) is 0. The molecule has 0 aliphatic rings. The molecule has 5 heteroatoms. The van der Waals surface area contributed by atoms with Crippen LogP contribution in [0.1, 0.15) is 16.3 Å². The number of oxime groups is 1. The summed E-state index contributed by atoms with van der Waals surface area (Å²) in [5.41, 5.74) is 2.22. The topological polar surface area (TPSA) is 58.4 Å². The van der Waals surface area contributed by atoms with E-state index in [2.05, 4.69) is 21.2 Å². The van der Waals surface area contributed by atoms with Crippen molar-refractivity contribution in [3.8, 4) is 0 Å². The number of hydrogen-bond donors (Lipinski definition) is 1. The Hall–Kier alpha value is -1.75. The molecule has 0 saturated heterocycles. The number of pyridine rings is 1. The average molecular weight is 233 g/mol. The fourth-order valence-electron chi connectivity index (χ4n) is 1.36. The number of thiazole rings is 1. The molecule has 0 atom stereocenters. The van der Waals surface area contributed by atoms with E-state index in [1.807, 2.05) is 17.6 Å². The molecular weight excluding hydrogens is 222 g/mol. The van der Waals surface area contributed by atoms with E-state index in [1.54, 1.807) is 6.20 Å². The Bertz CT molecular complexity index is 467. The fraction of sp³-hybridized carbons (Fsp3) is 0.182. The summed E-state index contributed by atoms with van der Waals surface area (Å²) in [6.45, 7) is 0. The van der Waals surface area contributed by atoms with Gasteiger partial charge < -0.3 is 5.21 Å². The molecule has 0 fully saturated rings. The molecule has 1 N–H and O–H groups in total. The zero-order chi connectivity index (χ0) is 11.2. The van der Waals surface area contributed by atoms with Crippen molar-refractivity contribution in [2.75, 3.05) is 0 Å². The van der Waals surface area contributed by atoms with E-state index in [0.717, 1.165) is 23.5 Å². The molecule has 2 aromatic rings. The van der Waals surface area contributed by atoms with Gasteiger partial charge in [0, 0.05) is 17.8 Å². The van der Waals surface area contributed by atoms with Crippen LogP contribution in [0.15, 0.2) is 35.1 Å². The second-order valence-electron chi connectivity index (χ2n) is 3.28. The first-order valence-electron chi connectivity index (χ1n) is 4.89. The summed E-state index contributed by atoms with van der Waals surface area (Å²) in [6.07, 6.45) is 6.78. The number of aromatic nitrogens is 2. The number of nitrogens with zero attached hydrogens (tertiary/aromatic N) is 3. The van der Waals surface area contributed by atoms with Gasteiger partial charge in [-0.25, -0.2) is 4.98 Å². The van der Waals surface area contributed by atoms with Crippen LogP contribution in [0.25, 0.3) is 0 Å². The van der Waals surface area contributed by atoms with Crippen LogP contribution < -0.4 is 0 Å². The summed E-state index contributed by atoms with van der Waals surface area (Å²) in [5, 5.41) is 14.0. The lowest BCUT2D eigenvalue weighted by Crippen LogP contribution is -1.92. The second-order valence-corrected chi connectivity index (χ2v) is 4.17. The molecule has 2 aromatic heterocycles. The van der Waals surface area contributed by atoms with Gasteiger partial charge in [-0.1, -0.05) is 11.2 Å². The van der Waals surface area contributed by atoms with Crippen molar-refractivity contribution in [1.29, 1.82) is 0 Å². The van der Waals surface area contributed by atoms with Crippen molar-refractivity contribution in [2.45, 2.75) is 12.8 Å². The van der Waals surface area contributed by atoms with Crippen molar-refractivity contribution in [3.05, 3.63) is 46.2 Å². The molecule has 0 bridgehead atoms. The minimum Gasteiger partial charge on any atom is -0.411 e. The van der Waals surface area contributed by atoms with Gasteiger partial charge in [-0.2, -0.15) is 0 Å². The first-order chi connectivity index (χ1) is 7.88.